The van der Waals surface area contributed by atoms with Crippen LogP contribution in [0.3, 0.4) is 0 Å². The molecular weight excluding hydrogens is 463 g/mol. The third-order valence-corrected chi connectivity index (χ3v) is 6.93. The van der Waals surface area contributed by atoms with E-state index in [1.807, 2.05) is 0 Å². The summed E-state index contributed by atoms with van der Waals surface area (Å²) in [4.78, 5) is 52.1. The molecule has 1 amide bonds. The topological polar surface area (TPSA) is 90.6 Å². The highest BCUT2D eigenvalue weighted by atomic mass is 32.1. The minimum Gasteiger partial charge on any atom is -0.462 e. The number of halogens is 3. The molecule has 1 fully saturated rings. The van der Waals surface area contributed by atoms with Gasteiger partial charge >= 0.3 is 17.7 Å². The molecule has 0 aliphatic carbocycles. The van der Waals surface area contributed by atoms with Crippen molar-refractivity contribution in [3.05, 3.63) is 43.2 Å². The number of hydrogen-bond acceptors (Lipinski definition) is 6. The van der Waals surface area contributed by atoms with Gasteiger partial charge in [-0.15, -0.1) is 11.3 Å². The molecule has 3 heterocycles. The molecule has 1 saturated heterocycles. The zero-order valence-electron chi connectivity index (χ0n) is 18.5. The van der Waals surface area contributed by atoms with Gasteiger partial charge in [0.15, 0.2) is 5.83 Å². The molecule has 2 aromatic rings. The predicted molar refractivity (Wildman–Crippen MR) is 116 cm³/mol. The number of nitrogens with zero attached hydrogens (tertiary/aromatic N) is 3. The Balaban J connectivity index is 2.01. The number of piperidine rings is 1. The molecule has 0 N–H and O–H groups in total. The van der Waals surface area contributed by atoms with Crippen LogP contribution in [0.1, 0.15) is 48.3 Å². The van der Waals surface area contributed by atoms with Gasteiger partial charge in [-0.3, -0.25) is 23.5 Å². The average Bonchev–Trinajstić information content (AvgIpc) is 3.10. The summed E-state index contributed by atoms with van der Waals surface area (Å²) in [5.41, 5.74) is -0.942. The Hall–Kier alpha value is -2.89. The highest BCUT2D eigenvalue weighted by molar-refractivity contribution is 7.20. The van der Waals surface area contributed by atoms with E-state index in [1.165, 1.54) is 6.92 Å². The molecule has 1 aliphatic heterocycles. The highest BCUT2D eigenvalue weighted by Gasteiger charge is 2.29. The first-order chi connectivity index (χ1) is 15.6. The van der Waals surface area contributed by atoms with Gasteiger partial charge in [-0.25, -0.2) is 9.18 Å². The van der Waals surface area contributed by atoms with Crippen molar-refractivity contribution in [1.29, 1.82) is 0 Å². The maximum Gasteiger partial charge on any atom is 0.332 e. The van der Waals surface area contributed by atoms with E-state index in [9.17, 15) is 32.3 Å². The number of aromatic nitrogens is 2. The fourth-order valence-electron chi connectivity index (χ4n) is 3.93. The van der Waals surface area contributed by atoms with E-state index in [4.69, 9.17) is 4.74 Å². The molecule has 33 heavy (non-hydrogen) atoms. The van der Waals surface area contributed by atoms with Crippen molar-refractivity contribution in [3.63, 3.8) is 0 Å². The molecule has 1 aliphatic rings. The van der Waals surface area contributed by atoms with E-state index in [-0.39, 0.29) is 39.6 Å². The lowest BCUT2D eigenvalue weighted by Gasteiger charge is -2.31. The van der Waals surface area contributed by atoms with Crippen LogP contribution in [-0.2, 0) is 22.6 Å². The molecule has 0 aromatic carbocycles. The molecule has 12 heteroatoms. The number of rotatable bonds is 6. The van der Waals surface area contributed by atoms with Gasteiger partial charge in [0.1, 0.15) is 10.9 Å². The number of carbonyl (C=O) groups is 2. The van der Waals surface area contributed by atoms with Crippen molar-refractivity contribution in [2.75, 3.05) is 13.1 Å². The Morgan fingerprint density at radius 1 is 1.12 bits per heavy atom. The van der Waals surface area contributed by atoms with E-state index < -0.39 is 36.1 Å². The number of esters is 1. The Morgan fingerprint density at radius 2 is 1.76 bits per heavy atom. The van der Waals surface area contributed by atoms with E-state index in [0.717, 1.165) is 20.5 Å². The molecular formula is C21H24F3N3O5S. The Labute approximate surface area is 190 Å². The molecule has 0 unspecified atom stereocenters. The Bertz CT molecular complexity index is 1230. The summed E-state index contributed by atoms with van der Waals surface area (Å²) in [5, 5.41) is 0.143. The fourth-order valence-corrected chi connectivity index (χ4v) is 5.22. The number of allylic oxidation sites excluding steroid dienone is 1. The van der Waals surface area contributed by atoms with Gasteiger partial charge in [-0.05, 0) is 19.4 Å². The van der Waals surface area contributed by atoms with Gasteiger partial charge in [0.25, 0.3) is 11.5 Å². The van der Waals surface area contributed by atoms with Gasteiger partial charge in [-0.1, -0.05) is 0 Å². The van der Waals surface area contributed by atoms with Crippen LogP contribution in [0.4, 0.5) is 13.2 Å². The smallest absolute Gasteiger partial charge is 0.332 e. The van der Waals surface area contributed by atoms with Crippen LogP contribution in [0.25, 0.3) is 10.2 Å². The molecule has 8 nitrogen and oxygen atoms in total. The van der Waals surface area contributed by atoms with Crippen LogP contribution in [-0.4, -0.2) is 45.1 Å². The van der Waals surface area contributed by atoms with Gasteiger partial charge < -0.3 is 9.64 Å². The molecule has 0 spiro atoms. The second-order valence-corrected chi connectivity index (χ2v) is 8.74. The van der Waals surface area contributed by atoms with Gasteiger partial charge in [-0.2, -0.15) is 8.78 Å². The number of ether oxygens (including phenoxy) is 1. The van der Waals surface area contributed by atoms with Crippen LogP contribution in [0.2, 0.25) is 0 Å². The zero-order chi connectivity index (χ0) is 24.4. The maximum atomic E-state index is 13.4. The maximum absolute atomic E-state index is 13.4. The van der Waals surface area contributed by atoms with E-state index in [2.05, 4.69) is 0 Å². The van der Waals surface area contributed by atoms with Crippen molar-refractivity contribution in [2.24, 2.45) is 0 Å². The third kappa shape index (κ3) is 4.90. The monoisotopic (exact) mass is 487 g/mol. The van der Waals surface area contributed by atoms with Crippen LogP contribution in [0.15, 0.2) is 21.5 Å². The number of fused-ring (bicyclic) bond motifs is 1. The predicted octanol–water partition coefficient (Wildman–Crippen LogP) is 3.19. The highest BCUT2D eigenvalue weighted by Crippen LogP contribution is 2.30. The summed E-state index contributed by atoms with van der Waals surface area (Å²) in [6.07, 6.45) is -2.50. The first-order valence-corrected chi connectivity index (χ1v) is 11.3. The summed E-state index contributed by atoms with van der Waals surface area (Å²) in [7, 11) is 0. The van der Waals surface area contributed by atoms with Crippen LogP contribution in [0, 0.1) is 6.92 Å². The zero-order valence-corrected chi connectivity index (χ0v) is 19.3. The molecule has 0 atom stereocenters. The Morgan fingerprint density at radius 3 is 2.30 bits per heavy atom. The summed E-state index contributed by atoms with van der Waals surface area (Å²) in [5.74, 6) is -2.36. The molecule has 0 bridgehead atoms. The lowest BCUT2D eigenvalue weighted by atomic mass is 10.1. The standard InChI is InChI=1S/C21H24F3N3O5S/c1-4-26-18(29)15-11(2)16(19(30)25-8-5-13(6-9-25)32-12(3)28)33-20(15)27(21(26)31)10-7-14(22)17(23)24/h13H,4-10H2,1-3H3. The number of amides is 1. The average molecular weight is 488 g/mol. The third-order valence-electron chi connectivity index (χ3n) is 5.63. The van der Waals surface area contributed by atoms with Crippen LogP contribution < -0.4 is 11.2 Å². The summed E-state index contributed by atoms with van der Waals surface area (Å²) >= 11 is 0.918. The van der Waals surface area contributed by atoms with Crippen molar-refractivity contribution in [3.8, 4) is 0 Å². The molecule has 180 valence electrons. The number of thiophene rings is 1. The second kappa shape index (κ2) is 9.94. The molecule has 3 rings (SSSR count). The van der Waals surface area contributed by atoms with E-state index >= 15 is 0 Å². The molecule has 0 radical (unpaired) electrons. The number of hydrogen-bond donors (Lipinski definition) is 0. The van der Waals surface area contributed by atoms with Crippen LogP contribution >= 0.6 is 11.3 Å². The second-order valence-electron chi connectivity index (χ2n) is 7.74. The summed E-state index contributed by atoms with van der Waals surface area (Å²) < 4.78 is 45.7. The summed E-state index contributed by atoms with van der Waals surface area (Å²) in [6, 6.07) is 0. The fraction of sp³-hybridized carbons (Fsp3) is 0.524. The van der Waals surface area contributed by atoms with Gasteiger partial charge in [0.05, 0.1) is 10.3 Å². The minimum atomic E-state index is -2.46. The number of aryl methyl sites for hydroxylation is 2. The van der Waals surface area contributed by atoms with E-state index in [0.29, 0.717) is 31.5 Å². The first kappa shape index (κ1) is 24.7. The summed E-state index contributed by atoms with van der Waals surface area (Å²) in [6.45, 7) is 4.83. The first-order valence-electron chi connectivity index (χ1n) is 10.5. The minimum absolute atomic E-state index is 0.0334. The normalized spacial score (nSPS) is 14.5. The quantitative estimate of drug-likeness (QED) is 0.584. The van der Waals surface area contributed by atoms with E-state index in [1.54, 1.807) is 18.7 Å². The van der Waals surface area contributed by atoms with Gasteiger partial charge in [0, 0.05) is 52.4 Å². The van der Waals surface area contributed by atoms with Crippen molar-refractivity contribution >= 4 is 33.4 Å². The molecule has 2 aromatic heterocycles. The van der Waals surface area contributed by atoms with Crippen molar-refractivity contribution < 1.29 is 27.5 Å². The van der Waals surface area contributed by atoms with Gasteiger partial charge in [0.2, 0.25) is 0 Å². The number of likely N-dealkylation sites (tertiary alicyclic amines) is 1. The number of carbonyl (C=O) groups excluding carboxylic acids is 2. The van der Waals surface area contributed by atoms with Crippen molar-refractivity contribution in [1.82, 2.24) is 14.0 Å². The molecule has 0 saturated carbocycles. The lowest BCUT2D eigenvalue weighted by molar-refractivity contribution is -0.148. The SMILES string of the molecule is CCn1c(=O)c2c(C)c(C(=O)N3CCC(OC(C)=O)CC3)sc2n(CCC(F)=C(F)F)c1=O. The lowest BCUT2D eigenvalue weighted by Crippen LogP contribution is -2.41. The largest absolute Gasteiger partial charge is 0.462 e. The van der Waals surface area contributed by atoms with Crippen molar-refractivity contribution in [2.45, 2.75) is 59.2 Å². The Kier molecular flexibility index (Phi) is 7.45. The van der Waals surface area contributed by atoms with Crippen LogP contribution in [0.5, 0.6) is 0 Å².